The van der Waals surface area contributed by atoms with Crippen molar-refractivity contribution in [1.82, 2.24) is 4.90 Å². The summed E-state index contributed by atoms with van der Waals surface area (Å²) in [6.07, 6.45) is 1.97. The van der Waals surface area contributed by atoms with Gasteiger partial charge in [-0.25, -0.2) is 0 Å². The van der Waals surface area contributed by atoms with Gasteiger partial charge in [-0.2, -0.15) is 0 Å². The van der Waals surface area contributed by atoms with E-state index in [-0.39, 0.29) is 11.3 Å². The molecule has 152 valence electrons. The molecule has 1 fully saturated rings. The lowest BCUT2D eigenvalue weighted by Crippen LogP contribution is -2.29. The summed E-state index contributed by atoms with van der Waals surface area (Å²) in [5.74, 6) is 1.92. The highest BCUT2D eigenvalue weighted by molar-refractivity contribution is 6.33. The zero-order chi connectivity index (χ0) is 20.5. The van der Waals surface area contributed by atoms with Crippen LogP contribution >= 0.6 is 11.6 Å². The largest absolute Gasteiger partial charge is 0.496 e. The highest BCUT2D eigenvalue weighted by atomic mass is 35.5. The Labute approximate surface area is 174 Å². The molecule has 0 amide bonds. The second-order valence-corrected chi connectivity index (χ2v) is 7.84. The summed E-state index contributed by atoms with van der Waals surface area (Å²) in [5, 5.41) is 0.968. The number of hydrogen-bond donors (Lipinski definition) is 0. The molecule has 5 nitrogen and oxygen atoms in total. The van der Waals surface area contributed by atoms with Crippen molar-refractivity contribution in [2.45, 2.75) is 18.8 Å². The topological polar surface area (TPSA) is 51.9 Å². The average Bonchev–Trinajstić information content (AvgIpc) is 2.73. The van der Waals surface area contributed by atoms with E-state index in [2.05, 4.69) is 11.9 Å². The molecule has 0 radical (unpaired) electrons. The molecule has 0 atom stereocenters. The second kappa shape index (κ2) is 8.09. The van der Waals surface area contributed by atoms with Gasteiger partial charge in [-0.1, -0.05) is 23.7 Å². The minimum atomic E-state index is -0.158. The third-order valence-electron chi connectivity index (χ3n) is 5.66. The molecule has 2 heterocycles. The van der Waals surface area contributed by atoms with Crippen LogP contribution in [0.3, 0.4) is 0 Å². The van der Waals surface area contributed by atoms with Gasteiger partial charge in [-0.15, -0.1) is 0 Å². The maximum Gasteiger partial charge on any atom is 0.197 e. The molecular formula is C23H24ClNO4. The third-order valence-corrected chi connectivity index (χ3v) is 5.99. The number of hydrogen-bond acceptors (Lipinski definition) is 5. The van der Waals surface area contributed by atoms with Crippen molar-refractivity contribution in [3.63, 3.8) is 0 Å². The SMILES string of the molecule is COc1cc2oc(-c3ccccc3Cl)cc(=O)c2c(OC)c1C1CCN(C)CC1. The first kappa shape index (κ1) is 19.8. The van der Waals surface area contributed by atoms with E-state index in [0.29, 0.717) is 38.8 Å². The van der Waals surface area contributed by atoms with E-state index in [4.69, 9.17) is 25.5 Å². The number of benzene rings is 2. The van der Waals surface area contributed by atoms with E-state index in [9.17, 15) is 4.79 Å². The van der Waals surface area contributed by atoms with Crippen LogP contribution < -0.4 is 14.9 Å². The number of nitrogens with zero attached hydrogens (tertiary/aromatic N) is 1. The minimum absolute atomic E-state index is 0.158. The third kappa shape index (κ3) is 3.61. The Bertz CT molecular complexity index is 1100. The van der Waals surface area contributed by atoms with Crippen molar-refractivity contribution in [3.8, 4) is 22.8 Å². The van der Waals surface area contributed by atoms with E-state index >= 15 is 0 Å². The molecule has 2 aromatic carbocycles. The van der Waals surface area contributed by atoms with Gasteiger partial charge >= 0.3 is 0 Å². The lowest BCUT2D eigenvalue weighted by Gasteiger charge is -2.31. The zero-order valence-corrected chi connectivity index (χ0v) is 17.6. The summed E-state index contributed by atoms with van der Waals surface area (Å²) in [7, 11) is 5.35. The van der Waals surface area contributed by atoms with Crippen LogP contribution in [0.4, 0.5) is 0 Å². The number of methoxy groups -OCH3 is 2. The van der Waals surface area contributed by atoms with Crippen molar-refractivity contribution in [3.05, 3.63) is 57.2 Å². The first-order chi connectivity index (χ1) is 14.0. The van der Waals surface area contributed by atoms with Crippen molar-refractivity contribution in [1.29, 1.82) is 0 Å². The molecule has 0 aliphatic carbocycles. The number of ether oxygens (including phenoxy) is 2. The van der Waals surface area contributed by atoms with Gasteiger partial charge in [-0.05, 0) is 51.0 Å². The fourth-order valence-corrected chi connectivity index (χ4v) is 4.37. The summed E-state index contributed by atoms with van der Waals surface area (Å²) in [6.45, 7) is 1.99. The molecule has 1 saturated heterocycles. The molecule has 1 aliphatic rings. The Morgan fingerprint density at radius 1 is 1.10 bits per heavy atom. The Morgan fingerprint density at radius 2 is 1.83 bits per heavy atom. The normalized spacial score (nSPS) is 15.6. The summed E-state index contributed by atoms with van der Waals surface area (Å²) < 4.78 is 17.6. The quantitative estimate of drug-likeness (QED) is 0.606. The van der Waals surface area contributed by atoms with Gasteiger partial charge in [0.25, 0.3) is 0 Å². The van der Waals surface area contributed by atoms with Gasteiger partial charge in [0.1, 0.15) is 28.2 Å². The Kier molecular flexibility index (Phi) is 5.52. The maximum atomic E-state index is 13.1. The first-order valence-corrected chi connectivity index (χ1v) is 10.1. The predicted octanol–water partition coefficient (Wildman–Crippen LogP) is 4.94. The summed E-state index contributed by atoms with van der Waals surface area (Å²) in [5.41, 5.74) is 1.89. The van der Waals surface area contributed by atoms with Gasteiger partial charge in [0, 0.05) is 23.3 Å². The minimum Gasteiger partial charge on any atom is -0.496 e. The van der Waals surface area contributed by atoms with E-state index in [1.807, 2.05) is 18.2 Å². The summed E-state index contributed by atoms with van der Waals surface area (Å²) in [6, 6.07) is 10.6. The number of fused-ring (bicyclic) bond motifs is 1. The molecule has 4 rings (SSSR count). The number of halogens is 1. The molecule has 0 unspecified atom stereocenters. The Morgan fingerprint density at radius 3 is 2.48 bits per heavy atom. The van der Waals surface area contributed by atoms with E-state index in [0.717, 1.165) is 31.5 Å². The zero-order valence-electron chi connectivity index (χ0n) is 16.8. The summed E-state index contributed by atoms with van der Waals surface area (Å²) >= 11 is 6.30. The van der Waals surface area contributed by atoms with Crippen molar-refractivity contribution in [2.75, 3.05) is 34.4 Å². The number of piperidine rings is 1. The molecule has 0 saturated carbocycles. The lowest BCUT2D eigenvalue weighted by atomic mass is 9.87. The van der Waals surface area contributed by atoms with Crippen LogP contribution in [0.5, 0.6) is 11.5 Å². The Balaban J connectivity index is 1.93. The van der Waals surface area contributed by atoms with Crippen LogP contribution in [0.25, 0.3) is 22.3 Å². The van der Waals surface area contributed by atoms with Crippen LogP contribution in [0, 0.1) is 0 Å². The molecule has 3 aromatic rings. The molecule has 0 N–H and O–H groups in total. The average molecular weight is 414 g/mol. The van der Waals surface area contributed by atoms with Crippen LogP contribution in [0.1, 0.15) is 24.3 Å². The fraction of sp³-hybridized carbons (Fsp3) is 0.348. The van der Waals surface area contributed by atoms with Crippen LogP contribution in [0.2, 0.25) is 5.02 Å². The van der Waals surface area contributed by atoms with Gasteiger partial charge in [0.15, 0.2) is 5.43 Å². The standard InChI is InChI=1S/C23H24ClNO4/c1-25-10-8-14(9-11-25)21-19(27-2)13-20-22(23(21)28-3)17(26)12-18(29-20)15-6-4-5-7-16(15)24/h4-7,12-14H,8-11H2,1-3H3. The molecule has 1 aromatic heterocycles. The monoisotopic (exact) mass is 413 g/mol. The first-order valence-electron chi connectivity index (χ1n) is 9.69. The van der Waals surface area contributed by atoms with E-state index < -0.39 is 0 Å². The molecule has 0 bridgehead atoms. The van der Waals surface area contributed by atoms with Crippen molar-refractivity contribution in [2.24, 2.45) is 0 Å². The summed E-state index contributed by atoms with van der Waals surface area (Å²) in [4.78, 5) is 15.4. The highest BCUT2D eigenvalue weighted by Crippen LogP contribution is 2.44. The van der Waals surface area contributed by atoms with Gasteiger partial charge in [-0.3, -0.25) is 4.79 Å². The lowest BCUT2D eigenvalue weighted by molar-refractivity contribution is 0.249. The second-order valence-electron chi connectivity index (χ2n) is 7.43. The number of rotatable bonds is 4. The molecule has 0 spiro atoms. The maximum absolute atomic E-state index is 13.1. The van der Waals surface area contributed by atoms with Crippen molar-refractivity contribution < 1.29 is 13.9 Å². The smallest absolute Gasteiger partial charge is 0.197 e. The predicted molar refractivity (Wildman–Crippen MR) is 116 cm³/mol. The van der Waals surface area contributed by atoms with Crippen LogP contribution in [-0.2, 0) is 0 Å². The van der Waals surface area contributed by atoms with Gasteiger partial charge < -0.3 is 18.8 Å². The van der Waals surface area contributed by atoms with E-state index in [1.165, 1.54) is 6.07 Å². The highest BCUT2D eigenvalue weighted by Gasteiger charge is 2.28. The van der Waals surface area contributed by atoms with Crippen LogP contribution in [0.15, 0.2) is 45.6 Å². The molecule has 1 aliphatic heterocycles. The van der Waals surface area contributed by atoms with Crippen LogP contribution in [-0.4, -0.2) is 39.3 Å². The fourth-order valence-electron chi connectivity index (χ4n) is 4.14. The van der Waals surface area contributed by atoms with Gasteiger partial charge in [0.2, 0.25) is 0 Å². The van der Waals surface area contributed by atoms with Gasteiger partial charge in [0.05, 0.1) is 19.2 Å². The molecule has 6 heteroatoms. The molecular weight excluding hydrogens is 390 g/mol. The molecule has 29 heavy (non-hydrogen) atoms. The van der Waals surface area contributed by atoms with E-state index in [1.54, 1.807) is 26.4 Å². The number of likely N-dealkylation sites (tertiary alicyclic amines) is 1. The van der Waals surface area contributed by atoms with Crippen molar-refractivity contribution >= 4 is 22.6 Å². The Hall–Kier alpha value is -2.50.